The molecule has 1 aromatic heterocycles. The molecule has 18 heavy (non-hydrogen) atoms. The fourth-order valence-electron chi connectivity index (χ4n) is 1.29. The number of nitrogens with zero attached hydrogens (tertiary/aromatic N) is 1. The standard InChI is InChI=1S/C10H13N3O4S/c1-5-7(9(15)16)8(13-10(17)12-5)18-4-3-11-6(2)14/h3-4H2,1-2H3,(H,11,14)(H,15,16)(H,12,13,17). The number of carbonyl (C=O) groups excluding carboxylic acids is 1. The summed E-state index contributed by atoms with van der Waals surface area (Å²) in [4.78, 5) is 38.9. The van der Waals surface area contributed by atoms with Crippen LogP contribution in [0.15, 0.2) is 9.82 Å². The highest BCUT2D eigenvalue weighted by Gasteiger charge is 2.16. The molecular formula is C10H13N3O4S. The lowest BCUT2D eigenvalue weighted by atomic mass is 10.2. The topological polar surface area (TPSA) is 112 Å². The Morgan fingerprint density at radius 2 is 2.17 bits per heavy atom. The minimum absolute atomic E-state index is 0.0116. The summed E-state index contributed by atoms with van der Waals surface area (Å²) in [5, 5.41) is 11.8. The van der Waals surface area contributed by atoms with Gasteiger partial charge in [0, 0.05) is 24.9 Å². The van der Waals surface area contributed by atoms with Crippen LogP contribution in [-0.4, -0.2) is 39.2 Å². The Balaban J connectivity index is 2.84. The molecule has 1 aromatic rings. The summed E-state index contributed by atoms with van der Waals surface area (Å²) < 4.78 is 0. The van der Waals surface area contributed by atoms with Crippen LogP contribution in [0.4, 0.5) is 0 Å². The molecule has 0 aliphatic carbocycles. The fourth-order valence-corrected chi connectivity index (χ4v) is 2.22. The highest BCUT2D eigenvalue weighted by atomic mass is 32.2. The van der Waals surface area contributed by atoms with Gasteiger partial charge in [-0.05, 0) is 6.92 Å². The molecular weight excluding hydrogens is 258 g/mol. The van der Waals surface area contributed by atoms with Gasteiger partial charge in [0.1, 0.15) is 10.6 Å². The molecule has 7 nitrogen and oxygen atoms in total. The first kappa shape index (κ1) is 14.2. The lowest BCUT2D eigenvalue weighted by molar-refractivity contribution is -0.118. The molecule has 0 aliphatic rings. The number of carbonyl (C=O) groups is 2. The molecule has 0 aromatic carbocycles. The summed E-state index contributed by atoms with van der Waals surface area (Å²) in [6.45, 7) is 3.28. The Bertz CT molecular complexity index is 526. The highest BCUT2D eigenvalue weighted by molar-refractivity contribution is 7.99. The van der Waals surface area contributed by atoms with Crippen molar-refractivity contribution in [2.75, 3.05) is 12.3 Å². The molecule has 1 amide bonds. The maximum atomic E-state index is 11.2. The van der Waals surface area contributed by atoms with E-state index in [2.05, 4.69) is 15.3 Å². The average molecular weight is 271 g/mol. The Kier molecular flexibility index (Phi) is 4.90. The van der Waals surface area contributed by atoms with E-state index in [1.165, 1.54) is 13.8 Å². The van der Waals surface area contributed by atoms with Crippen molar-refractivity contribution in [3.8, 4) is 0 Å². The number of aromatic amines is 1. The number of rotatable bonds is 5. The maximum Gasteiger partial charge on any atom is 0.346 e. The second-order valence-corrected chi connectivity index (χ2v) is 4.57. The highest BCUT2D eigenvalue weighted by Crippen LogP contribution is 2.20. The first-order valence-electron chi connectivity index (χ1n) is 5.13. The number of aromatic nitrogens is 2. The molecule has 0 saturated carbocycles. The van der Waals surface area contributed by atoms with Crippen LogP contribution in [0.25, 0.3) is 0 Å². The number of thioether (sulfide) groups is 1. The van der Waals surface area contributed by atoms with Crippen LogP contribution in [-0.2, 0) is 4.79 Å². The number of amides is 1. The number of aromatic carboxylic acids is 1. The summed E-state index contributed by atoms with van der Waals surface area (Å²) in [5.74, 6) is -0.863. The van der Waals surface area contributed by atoms with Crippen molar-refractivity contribution in [2.45, 2.75) is 18.9 Å². The molecule has 8 heteroatoms. The minimum atomic E-state index is -1.14. The van der Waals surface area contributed by atoms with Crippen LogP contribution < -0.4 is 11.0 Å². The van der Waals surface area contributed by atoms with Crippen molar-refractivity contribution in [3.05, 3.63) is 21.7 Å². The molecule has 0 aliphatic heterocycles. The van der Waals surface area contributed by atoms with Crippen LogP contribution in [0, 0.1) is 6.92 Å². The number of hydrogen-bond donors (Lipinski definition) is 3. The average Bonchev–Trinajstić information content (AvgIpc) is 2.22. The minimum Gasteiger partial charge on any atom is -0.478 e. The van der Waals surface area contributed by atoms with E-state index >= 15 is 0 Å². The van der Waals surface area contributed by atoms with Crippen LogP contribution in [0.3, 0.4) is 0 Å². The SMILES string of the molecule is CC(=O)NCCSc1nc(=O)[nH]c(C)c1C(=O)O. The molecule has 1 rings (SSSR count). The molecule has 0 radical (unpaired) electrons. The molecule has 0 bridgehead atoms. The number of aryl methyl sites for hydroxylation is 1. The Morgan fingerprint density at radius 1 is 1.50 bits per heavy atom. The maximum absolute atomic E-state index is 11.2. The normalized spacial score (nSPS) is 10.1. The Labute approximate surface area is 107 Å². The largest absolute Gasteiger partial charge is 0.478 e. The Hall–Kier alpha value is -1.83. The van der Waals surface area contributed by atoms with Crippen LogP contribution in [0.2, 0.25) is 0 Å². The van der Waals surface area contributed by atoms with Gasteiger partial charge in [0.2, 0.25) is 5.91 Å². The van der Waals surface area contributed by atoms with Gasteiger partial charge in [0.05, 0.1) is 0 Å². The van der Waals surface area contributed by atoms with E-state index in [-0.39, 0.29) is 22.2 Å². The van der Waals surface area contributed by atoms with Crippen molar-refractivity contribution < 1.29 is 14.7 Å². The van der Waals surface area contributed by atoms with Gasteiger partial charge >= 0.3 is 11.7 Å². The van der Waals surface area contributed by atoms with Gasteiger partial charge in [-0.25, -0.2) is 9.59 Å². The van der Waals surface area contributed by atoms with Gasteiger partial charge in [-0.15, -0.1) is 11.8 Å². The van der Waals surface area contributed by atoms with Crippen molar-refractivity contribution in [3.63, 3.8) is 0 Å². The number of carboxylic acid groups (broad SMARTS) is 1. The lowest BCUT2D eigenvalue weighted by Gasteiger charge is -2.06. The van der Waals surface area contributed by atoms with E-state index in [1.807, 2.05) is 0 Å². The van der Waals surface area contributed by atoms with E-state index in [0.29, 0.717) is 12.3 Å². The molecule has 0 atom stereocenters. The van der Waals surface area contributed by atoms with E-state index < -0.39 is 11.7 Å². The van der Waals surface area contributed by atoms with Gasteiger partial charge < -0.3 is 15.4 Å². The number of nitrogens with one attached hydrogen (secondary N) is 2. The van der Waals surface area contributed by atoms with E-state index in [4.69, 9.17) is 5.11 Å². The lowest BCUT2D eigenvalue weighted by Crippen LogP contribution is -2.23. The Morgan fingerprint density at radius 3 is 2.72 bits per heavy atom. The molecule has 3 N–H and O–H groups in total. The van der Waals surface area contributed by atoms with Gasteiger partial charge in [-0.3, -0.25) is 4.79 Å². The molecule has 0 unspecified atom stereocenters. The quantitative estimate of drug-likeness (QED) is 0.395. The molecule has 0 spiro atoms. The second-order valence-electron chi connectivity index (χ2n) is 3.48. The van der Waals surface area contributed by atoms with Crippen molar-refractivity contribution in [1.82, 2.24) is 15.3 Å². The third-order valence-corrected chi connectivity index (χ3v) is 2.99. The third kappa shape index (κ3) is 3.88. The smallest absolute Gasteiger partial charge is 0.346 e. The van der Waals surface area contributed by atoms with E-state index in [9.17, 15) is 14.4 Å². The summed E-state index contributed by atoms with van der Waals surface area (Å²) in [6.07, 6.45) is 0. The third-order valence-electron chi connectivity index (χ3n) is 2.02. The fraction of sp³-hybridized carbons (Fsp3) is 0.400. The van der Waals surface area contributed by atoms with Crippen molar-refractivity contribution >= 4 is 23.6 Å². The summed E-state index contributed by atoms with van der Waals surface area (Å²) in [5.41, 5.74) is -0.327. The zero-order valence-electron chi connectivity index (χ0n) is 9.94. The molecule has 0 saturated heterocycles. The van der Waals surface area contributed by atoms with Crippen molar-refractivity contribution in [1.29, 1.82) is 0 Å². The predicted molar refractivity (Wildman–Crippen MR) is 66.0 cm³/mol. The zero-order valence-corrected chi connectivity index (χ0v) is 10.8. The van der Waals surface area contributed by atoms with Gasteiger partial charge in [-0.1, -0.05) is 0 Å². The summed E-state index contributed by atoms with van der Waals surface area (Å²) in [7, 11) is 0. The van der Waals surface area contributed by atoms with Gasteiger partial charge in [0.15, 0.2) is 0 Å². The van der Waals surface area contributed by atoms with Crippen LogP contribution >= 0.6 is 11.8 Å². The second kappa shape index (κ2) is 6.20. The number of carboxylic acids is 1. The van der Waals surface area contributed by atoms with Crippen LogP contribution in [0.1, 0.15) is 23.0 Å². The molecule has 0 fully saturated rings. The zero-order chi connectivity index (χ0) is 13.7. The first-order chi connectivity index (χ1) is 8.41. The van der Waals surface area contributed by atoms with E-state index in [1.54, 1.807) is 0 Å². The van der Waals surface area contributed by atoms with Gasteiger partial charge in [-0.2, -0.15) is 4.98 Å². The van der Waals surface area contributed by atoms with Crippen molar-refractivity contribution in [2.24, 2.45) is 0 Å². The van der Waals surface area contributed by atoms with Gasteiger partial charge in [0.25, 0.3) is 0 Å². The predicted octanol–water partition coefficient (Wildman–Crippen LogP) is 0.00472. The summed E-state index contributed by atoms with van der Waals surface area (Å²) >= 11 is 1.12. The van der Waals surface area contributed by atoms with E-state index in [0.717, 1.165) is 11.8 Å². The number of hydrogen-bond acceptors (Lipinski definition) is 5. The first-order valence-corrected chi connectivity index (χ1v) is 6.12. The number of H-pyrrole nitrogens is 1. The summed E-state index contributed by atoms with van der Waals surface area (Å²) in [6, 6.07) is 0. The monoisotopic (exact) mass is 271 g/mol. The molecule has 98 valence electrons. The molecule has 1 heterocycles. The van der Waals surface area contributed by atoms with Crippen LogP contribution in [0.5, 0.6) is 0 Å².